The van der Waals surface area contributed by atoms with Crippen LogP contribution >= 0.6 is 11.6 Å². The summed E-state index contributed by atoms with van der Waals surface area (Å²) in [6.07, 6.45) is 2.07. The Bertz CT molecular complexity index is 1190. The second kappa shape index (κ2) is 7.53. The number of hydrogen-bond donors (Lipinski definition) is 2. The van der Waals surface area contributed by atoms with E-state index in [2.05, 4.69) is 15.2 Å². The van der Waals surface area contributed by atoms with E-state index >= 15 is 0 Å². The molecule has 1 amide bonds. The number of nitrogens with one attached hydrogen (secondary N) is 2. The van der Waals surface area contributed by atoms with Crippen molar-refractivity contribution in [3.05, 3.63) is 70.6 Å². The van der Waals surface area contributed by atoms with Crippen LogP contribution in [0.25, 0.3) is 0 Å². The van der Waals surface area contributed by atoms with Crippen LogP contribution in [0, 0.1) is 6.92 Å². The first-order chi connectivity index (χ1) is 13.8. The molecule has 0 aliphatic heterocycles. The van der Waals surface area contributed by atoms with Crippen LogP contribution in [0.5, 0.6) is 0 Å². The number of nitrogens with zero attached hydrogens (tertiary/aromatic N) is 1. The van der Waals surface area contributed by atoms with E-state index in [0.29, 0.717) is 22.9 Å². The number of halogens is 1. The molecule has 1 saturated carbocycles. The first-order valence-electron chi connectivity index (χ1n) is 8.99. The van der Waals surface area contributed by atoms with Crippen LogP contribution < -0.4 is 10.0 Å². The molecule has 0 saturated heterocycles. The minimum absolute atomic E-state index is 0.0361. The summed E-state index contributed by atoms with van der Waals surface area (Å²) < 4.78 is 33.4. The molecular weight excluding hydrogens is 414 g/mol. The van der Waals surface area contributed by atoms with Gasteiger partial charge in [-0.05, 0) is 49.6 Å². The molecule has 1 aliphatic carbocycles. The summed E-state index contributed by atoms with van der Waals surface area (Å²) in [4.78, 5) is 12.5. The second-order valence-corrected chi connectivity index (χ2v) is 8.97. The minimum Gasteiger partial charge on any atom is -0.360 e. The smallest absolute Gasteiger partial charge is 0.277 e. The zero-order valence-corrected chi connectivity index (χ0v) is 17.0. The van der Waals surface area contributed by atoms with Gasteiger partial charge in [-0.2, -0.15) is 0 Å². The molecule has 9 heteroatoms. The van der Waals surface area contributed by atoms with Crippen molar-refractivity contribution in [3.8, 4) is 0 Å². The summed E-state index contributed by atoms with van der Waals surface area (Å²) >= 11 is 6.05. The van der Waals surface area contributed by atoms with Gasteiger partial charge in [0.25, 0.3) is 15.9 Å². The van der Waals surface area contributed by atoms with Crippen molar-refractivity contribution in [3.63, 3.8) is 0 Å². The van der Waals surface area contributed by atoms with Gasteiger partial charge in [0.05, 0.1) is 15.6 Å². The topological polar surface area (TPSA) is 101 Å². The number of benzene rings is 2. The third-order valence-corrected chi connectivity index (χ3v) is 6.43. The van der Waals surface area contributed by atoms with E-state index in [4.69, 9.17) is 16.1 Å². The molecule has 7 nitrogen and oxygen atoms in total. The van der Waals surface area contributed by atoms with Gasteiger partial charge in [0, 0.05) is 17.7 Å². The van der Waals surface area contributed by atoms with E-state index in [1.165, 1.54) is 6.07 Å². The van der Waals surface area contributed by atoms with E-state index in [-0.39, 0.29) is 21.3 Å². The number of carbonyl (C=O) groups excluding carboxylic acids is 1. The monoisotopic (exact) mass is 431 g/mol. The standard InChI is InChI=1S/C20H18ClN3O4S/c1-12-6-9-14(22-20(25)17-11-18(28-23-17)13-7-8-13)10-19(12)29(26,27)24-16-5-3-2-4-15(16)21/h2-6,9-11,13,24H,7-8H2,1H3,(H,22,25). The predicted octanol–water partition coefficient (Wildman–Crippen LogP) is 4.57. The van der Waals surface area contributed by atoms with Crippen molar-refractivity contribution in [2.24, 2.45) is 0 Å². The third-order valence-electron chi connectivity index (χ3n) is 4.59. The molecule has 3 aromatic rings. The van der Waals surface area contributed by atoms with Gasteiger partial charge in [0.15, 0.2) is 5.69 Å². The van der Waals surface area contributed by atoms with Crippen LogP contribution in [0.1, 0.15) is 40.6 Å². The van der Waals surface area contributed by atoms with E-state index in [0.717, 1.165) is 12.8 Å². The molecule has 1 fully saturated rings. The third kappa shape index (κ3) is 4.28. The Labute approximate surface area is 173 Å². The average Bonchev–Trinajstić information content (AvgIpc) is 3.41. The number of sulfonamides is 1. The number of aryl methyl sites for hydroxylation is 1. The van der Waals surface area contributed by atoms with Gasteiger partial charge in [0.2, 0.25) is 0 Å². The number of hydrogen-bond acceptors (Lipinski definition) is 5. The van der Waals surface area contributed by atoms with E-state index < -0.39 is 15.9 Å². The van der Waals surface area contributed by atoms with Crippen molar-refractivity contribution in [1.82, 2.24) is 5.16 Å². The van der Waals surface area contributed by atoms with Crippen LogP contribution in [-0.2, 0) is 10.0 Å². The summed E-state index contributed by atoms with van der Waals surface area (Å²) in [7, 11) is -3.91. The van der Waals surface area contributed by atoms with Crippen molar-refractivity contribution >= 4 is 38.9 Å². The van der Waals surface area contributed by atoms with Gasteiger partial charge in [-0.25, -0.2) is 8.42 Å². The maximum absolute atomic E-state index is 12.9. The lowest BCUT2D eigenvalue weighted by atomic mass is 10.2. The maximum atomic E-state index is 12.9. The molecule has 2 N–H and O–H groups in total. The normalized spacial score (nSPS) is 13.9. The van der Waals surface area contributed by atoms with Gasteiger partial charge in [-0.1, -0.05) is 35.0 Å². The summed E-state index contributed by atoms with van der Waals surface area (Å²) in [5.74, 6) is 0.578. The Kier molecular flexibility index (Phi) is 5.06. The lowest BCUT2D eigenvalue weighted by molar-refractivity contribution is 0.101. The Balaban J connectivity index is 1.56. The molecule has 2 aromatic carbocycles. The molecule has 29 heavy (non-hydrogen) atoms. The van der Waals surface area contributed by atoms with Crippen molar-refractivity contribution < 1.29 is 17.7 Å². The highest BCUT2D eigenvalue weighted by molar-refractivity contribution is 7.92. The van der Waals surface area contributed by atoms with Gasteiger partial charge in [-0.3, -0.25) is 9.52 Å². The molecule has 0 radical (unpaired) electrons. The molecule has 0 spiro atoms. The van der Waals surface area contributed by atoms with E-state index in [9.17, 15) is 13.2 Å². The zero-order chi connectivity index (χ0) is 20.6. The summed E-state index contributed by atoms with van der Waals surface area (Å²) in [5.41, 5.74) is 1.29. The SMILES string of the molecule is Cc1ccc(NC(=O)c2cc(C3CC3)on2)cc1S(=O)(=O)Nc1ccccc1Cl. The number of carbonyl (C=O) groups is 1. The van der Waals surface area contributed by atoms with Crippen LogP contribution in [-0.4, -0.2) is 19.5 Å². The zero-order valence-electron chi connectivity index (χ0n) is 15.5. The molecule has 150 valence electrons. The Morgan fingerprint density at radius 3 is 2.66 bits per heavy atom. The molecule has 1 aromatic heterocycles. The van der Waals surface area contributed by atoms with Gasteiger partial charge in [0.1, 0.15) is 5.76 Å². The van der Waals surface area contributed by atoms with Crippen LogP contribution in [0.15, 0.2) is 57.9 Å². The number of rotatable bonds is 6. The average molecular weight is 432 g/mol. The number of anilines is 2. The van der Waals surface area contributed by atoms with E-state index in [1.54, 1.807) is 49.4 Å². The highest BCUT2D eigenvalue weighted by atomic mass is 35.5. The van der Waals surface area contributed by atoms with Crippen LogP contribution in [0.3, 0.4) is 0 Å². The fraction of sp³-hybridized carbons (Fsp3) is 0.200. The fourth-order valence-electron chi connectivity index (χ4n) is 2.86. The largest absolute Gasteiger partial charge is 0.360 e. The number of aromatic nitrogens is 1. The Morgan fingerprint density at radius 2 is 1.93 bits per heavy atom. The lowest BCUT2D eigenvalue weighted by Crippen LogP contribution is -2.16. The Morgan fingerprint density at radius 1 is 1.17 bits per heavy atom. The van der Waals surface area contributed by atoms with Gasteiger partial charge < -0.3 is 9.84 Å². The molecule has 4 rings (SSSR count). The highest BCUT2D eigenvalue weighted by Gasteiger charge is 2.29. The summed E-state index contributed by atoms with van der Waals surface area (Å²) in [6.45, 7) is 1.67. The van der Waals surface area contributed by atoms with Gasteiger partial charge >= 0.3 is 0 Å². The minimum atomic E-state index is -3.91. The summed E-state index contributed by atoms with van der Waals surface area (Å²) in [5, 5.41) is 6.75. The molecule has 1 aliphatic rings. The van der Waals surface area contributed by atoms with E-state index in [1.807, 2.05) is 0 Å². The van der Waals surface area contributed by atoms with Crippen molar-refractivity contribution in [1.29, 1.82) is 0 Å². The van der Waals surface area contributed by atoms with Gasteiger partial charge in [-0.15, -0.1) is 0 Å². The quantitative estimate of drug-likeness (QED) is 0.595. The fourth-order valence-corrected chi connectivity index (χ4v) is 4.45. The Hall–Kier alpha value is -2.84. The van der Waals surface area contributed by atoms with Crippen molar-refractivity contribution in [2.75, 3.05) is 10.0 Å². The van der Waals surface area contributed by atoms with Crippen LogP contribution in [0.4, 0.5) is 11.4 Å². The maximum Gasteiger partial charge on any atom is 0.277 e. The van der Waals surface area contributed by atoms with Crippen LogP contribution in [0.2, 0.25) is 5.02 Å². The molecular formula is C20H18ClN3O4S. The molecule has 0 unspecified atom stereocenters. The molecule has 0 bridgehead atoms. The number of amides is 1. The first-order valence-corrected chi connectivity index (χ1v) is 10.9. The number of para-hydroxylation sites is 1. The predicted molar refractivity (Wildman–Crippen MR) is 110 cm³/mol. The molecule has 1 heterocycles. The highest BCUT2D eigenvalue weighted by Crippen LogP contribution is 2.40. The van der Waals surface area contributed by atoms with Crippen molar-refractivity contribution in [2.45, 2.75) is 30.6 Å². The molecule has 0 atom stereocenters. The summed E-state index contributed by atoms with van der Waals surface area (Å²) in [6, 6.07) is 12.8. The first kappa shape index (κ1) is 19.5. The lowest BCUT2D eigenvalue weighted by Gasteiger charge is -2.13. The second-order valence-electron chi connectivity index (χ2n) is 6.91.